The van der Waals surface area contributed by atoms with Gasteiger partial charge in [-0.1, -0.05) is 23.8 Å². The van der Waals surface area contributed by atoms with Crippen LogP contribution in [0.5, 0.6) is 0 Å². The van der Waals surface area contributed by atoms with E-state index >= 15 is 0 Å². The highest BCUT2D eigenvalue weighted by Gasteiger charge is 2.16. The van der Waals surface area contributed by atoms with Crippen LogP contribution in [0, 0.1) is 5.92 Å². The molecule has 0 saturated heterocycles. The maximum absolute atomic E-state index is 2.49. The summed E-state index contributed by atoms with van der Waals surface area (Å²) in [5.41, 5.74) is 1.75. The van der Waals surface area contributed by atoms with E-state index in [1.165, 1.54) is 38.5 Å². The van der Waals surface area contributed by atoms with Crippen LogP contribution in [0.25, 0.3) is 0 Å². The van der Waals surface area contributed by atoms with Crippen LogP contribution in [0.1, 0.15) is 38.5 Å². The zero-order valence-electron chi connectivity index (χ0n) is 7.05. The topological polar surface area (TPSA) is 0 Å². The van der Waals surface area contributed by atoms with Crippen molar-refractivity contribution in [3.8, 4) is 0 Å². The van der Waals surface area contributed by atoms with E-state index in [1.807, 2.05) is 0 Å². The molecule has 0 bridgehead atoms. The molecule has 0 amide bonds. The summed E-state index contributed by atoms with van der Waals surface area (Å²) >= 11 is 0. The summed E-state index contributed by atoms with van der Waals surface area (Å²) in [6.45, 7) is 0. The van der Waals surface area contributed by atoms with Crippen LogP contribution in [0.2, 0.25) is 0 Å². The van der Waals surface area contributed by atoms with Gasteiger partial charge in [0, 0.05) is 0 Å². The molecule has 0 saturated carbocycles. The average molecular weight is 148 g/mol. The normalized spacial score (nSPS) is 25.6. The second kappa shape index (κ2) is 3.25. The van der Waals surface area contributed by atoms with Crippen molar-refractivity contribution >= 4 is 0 Å². The molecule has 0 aromatic rings. The fraction of sp³-hybridized carbons (Fsp3) is 0.636. The van der Waals surface area contributed by atoms with Gasteiger partial charge in [0.1, 0.15) is 0 Å². The molecular weight excluding hydrogens is 132 g/mol. The Morgan fingerprint density at radius 2 is 1.91 bits per heavy atom. The standard InChI is InChI=1S/C11H16/c1-2-6-10(7-3-1)11-8-4-5-9-11/h4-6,11H,1-3,7-9H2. The van der Waals surface area contributed by atoms with Gasteiger partial charge in [-0.15, -0.1) is 0 Å². The van der Waals surface area contributed by atoms with Gasteiger partial charge in [-0.25, -0.2) is 0 Å². The quantitative estimate of drug-likeness (QED) is 0.499. The molecule has 0 fully saturated rings. The fourth-order valence-electron chi connectivity index (χ4n) is 2.15. The summed E-state index contributed by atoms with van der Waals surface area (Å²) in [5, 5.41) is 0. The molecule has 60 valence electrons. The molecular formula is C11H16. The van der Waals surface area contributed by atoms with Crippen molar-refractivity contribution in [3.05, 3.63) is 23.8 Å². The zero-order chi connectivity index (χ0) is 7.52. The highest BCUT2D eigenvalue weighted by molar-refractivity contribution is 5.15. The lowest BCUT2D eigenvalue weighted by atomic mass is 9.88. The Bertz CT molecular complexity index is 178. The molecule has 0 N–H and O–H groups in total. The van der Waals surface area contributed by atoms with Crippen LogP contribution in [0.4, 0.5) is 0 Å². The van der Waals surface area contributed by atoms with Gasteiger partial charge in [0.15, 0.2) is 0 Å². The van der Waals surface area contributed by atoms with Crippen LogP contribution in [-0.4, -0.2) is 0 Å². The molecule has 0 aromatic heterocycles. The Kier molecular flexibility index (Phi) is 2.11. The third-order valence-electron chi connectivity index (χ3n) is 2.86. The van der Waals surface area contributed by atoms with Crippen molar-refractivity contribution in [1.29, 1.82) is 0 Å². The molecule has 2 rings (SSSR count). The predicted molar refractivity (Wildman–Crippen MR) is 48.4 cm³/mol. The Morgan fingerprint density at radius 3 is 2.55 bits per heavy atom. The SMILES string of the molecule is C1=CCC(C2=CCCCC2)C1. The Hall–Kier alpha value is -0.520. The molecule has 0 heterocycles. The smallest absolute Gasteiger partial charge is 0.0134 e. The van der Waals surface area contributed by atoms with Crippen molar-refractivity contribution in [1.82, 2.24) is 0 Å². The maximum atomic E-state index is 2.49. The van der Waals surface area contributed by atoms with E-state index < -0.39 is 0 Å². The van der Waals surface area contributed by atoms with Gasteiger partial charge < -0.3 is 0 Å². The van der Waals surface area contributed by atoms with E-state index in [4.69, 9.17) is 0 Å². The van der Waals surface area contributed by atoms with E-state index in [0.717, 1.165) is 5.92 Å². The highest BCUT2D eigenvalue weighted by Crippen LogP contribution is 2.32. The summed E-state index contributed by atoms with van der Waals surface area (Å²) < 4.78 is 0. The van der Waals surface area contributed by atoms with Gasteiger partial charge in [-0.2, -0.15) is 0 Å². The Balaban J connectivity index is 1.97. The van der Waals surface area contributed by atoms with Crippen molar-refractivity contribution in [2.75, 3.05) is 0 Å². The van der Waals surface area contributed by atoms with Crippen molar-refractivity contribution in [2.24, 2.45) is 5.92 Å². The number of allylic oxidation sites excluding steroid dienone is 4. The van der Waals surface area contributed by atoms with Crippen LogP contribution in [0.15, 0.2) is 23.8 Å². The minimum atomic E-state index is 0.898. The molecule has 0 nitrogen and oxygen atoms in total. The molecule has 0 spiro atoms. The van der Waals surface area contributed by atoms with Crippen LogP contribution in [-0.2, 0) is 0 Å². The van der Waals surface area contributed by atoms with Crippen molar-refractivity contribution in [3.63, 3.8) is 0 Å². The molecule has 0 atom stereocenters. The van der Waals surface area contributed by atoms with Gasteiger partial charge in [0.2, 0.25) is 0 Å². The van der Waals surface area contributed by atoms with Gasteiger partial charge in [-0.3, -0.25) is 0 Å². The first-order valence-electron chi connectivity index (χ1n) is 4.81. The first kappa shape index (κ1) is 7.15. The molecule has 2 aliphatic carbocycles. The lowest BCUT2D eigenvalue weighted by Crippen LogP contribution is -2.02. The van der Waals surface area contributed by atoms with Gasteiger partial charge in [0.25, 0.3) is 0 Å². The largest absolute Gasteiger partial charge is 0.0879 e. The van der Waals surface area contributed by atoms with Crippen molar-refractivity contribution < 1.29 is 0 Å². The third kappa shape index (κ3) is 1.55. The third-order valence-corrected chi connectivity index (χ3v) is 2.86. The Labute approximate surface area is 69.0 Å². The second-order valence-electron chi connectivity index (χ2n) is 3.66. The molecule has 0 aliphatic heterocycles. The van der Waals surface area contributed by atoms with Gasteiger partial charge in [0.05, 0.1) is 0 Å². The molecule has 11 heavy (non-hydrogen) atoms. The molecule has 0 unspecified atom stereocenters. The monoisotopic (exact) mass is 148 g/mol. The van der Waals surface area contributed by atoms with Crippen LogP contribution < -0.4 is 0 Å². The van der Waals surface area contributed by atoms with Crippen molar-refractivity contribution in [2.45, 2.75) is 38.5 Å². The minimum Gasteiger partial charge on any atom is -0.0879 e. The van der Waals surface area contributed by atoms with Crippen LogP contribution in [0.3, 0.4) is 0 Å². The maximum Gasteiger partial charge on any atom is -0.0134 e. The van der Waals surface area contributed by atoms with E-state index in [0.29, 0.717) is 0 Å². The number of hydrogen-bond acceptors (Lipinski definition) is 0. The lowest BCUT2D eigenvalue weighted by Gasteiger charge is -2.18. The second-order valence-corrected chi connectivity index (χ2v) is 3.66. The van der Waals surface area contributed by atoms with E-state index in [9.17, 15) is 0 Å². The molecule has 0 heteroatoms. The molecule has 2 aliphatic rings. The predicted octanol–water partition coefficient (Wildman–Crippen LogP) is 3.45. The first-order chi connectivity index (χ1) is 5.47. The number of rotatable bonds is 1. The average Bonchev–Trinajstić information content (AvgIpc) is 2.58. The Morgan fingerprint density at radius 1 is 1.09 bits per heavy atom. The molecule has 0 aromatic carbocycles. The number of hydrogen-bond donors (Lipinski definition) is 0. The summed E-state index contributed by atoms with van der Waals surface area (Å²) in [7, 11) is 0. The van der Waals surface area contributed by atoms with E-state index in [1.54, 1.807) is 5.57 Å². The van der Waals surface area contributed by atoms with Gasteiger partial charge in [-0.05, 0) is 44.4 Å². The lowest BCUT2D eigenvalue weighted by molar-refractivity contribution is 0.578. The van der Waals surface area contributed by atoms with E-state index in [2.05, 4.69) is 18.2 Å². The minimum absolute atomic E-state index is 0.898. The van der Waals surface area contributed by atoms with E-state index in [-0.39, 0.29) is 0 Å². The summed E-state index contributed by atoms with van der Waals surface area (Å²) in [6, 6.07) is 0. The first-order valence-corrected chi connectivity index (χ1v) is 4.81. The zero-order valence-corrected chi connectivity index (χ0v) is 7.05. The summed E-state index contributed by atoms with van der Waals surface area (Å²) in [5.74, 6) is 0.898. The highest BCUT2D eigenvalue weighted by atomic mass is 14.2. The van der Waals surface area contributed by atoms with Crippen LogP contribution >= 0.6 is 0 Å². The summed E-state index contributed by atoms with van der Waals surface area (Å²) in [4.78, 5) is 0. The van der Waals surface area contributed by atoms with Gasteiger partial charge >= 0.3 is 0 Å². The molecule has 0 radical (unpaired) electrons. The fourth-order valence-corrected chi connectivity index (χ4v) is 2.15. The summed E-state index contributed by atoms with van der Waals surface area (Å²) in [6.07, 6.45) is 15.4.